The quantitative estimate of drug-likeness (QED) is 0.273. The molecule has 64 valence electrons. The Morgan fingerprint density at radius 3 is 2.55 bits per heavy atom. The first kappa shape index (κ1) is 9.94. The van der Waals surface area contributed by atoms with E-state index in [0.29, 0.717) is 6.61 Å². The Kier molecular flexibility index (Phi) is 5.15. The summed E-state index contributed by atoms with van der Waals surface area (Å²) in [5.41, 5.74) is 0.762. The summed E-state index contributed by atoms with van der Waals surface area (Å²) in [6.07, 6.45) is 0.0136. The molecule has 0 aliphatic carbocycles. The van der Waals surface area contributed by atoms with Gasteiger partial charge in [0.1, 0.15) is 0 Å². The van der Waals surface area contributed by atoms with E-state index in [1.54, 1.807) is 13.8 Å². The molecule has 0 aliphatic heterocycles. The highest BCUT2D eigenvalue weighted by molar-refractivity contribution is 5.81. The van der Waals surface area contributed by atoms with Gasteiger partial charge in [-0.15, -0.1) is 0 Å². The van der Waals surface area contributed by atoms with Crippen molar-refractivity contribution in [3.63, 3.8) is 0 Å². The summed E-state index contributed by atoms with van der Waals surface area (Å²) in [6.45, 7) is 5.71. The summed E-state index contributed by atoms with van der Waals surface area (Å²) in [5.74, 6) is 0. The molecule has 0 bridgehead atoms. The van der Waals surface area contributed by atoms with Crippen LogP contribution < -0.4 is 0 Å². The highest BCUT2D eigenvalue weighted by atomic mass is 16.8. The van der Waals surface area contributed by atoms with Crippen molar-refractivity contribution in [1.82, 2.24) is 0 Å². The van der Waals surface area contributed by atoms with Gasteiger partial charge in [0.15, 0.2) is 0 Å². The van der Waals surface area contributed by atoms with E-state index in [2.05, 4.69) is 14.7 Å². The van der Waals surface area contributed by atoms with Crippen molar-refractivity contribution in [2.24, 2.45) is 5.16 Å². The van der Waals surface area contributed by atoms with Crippen molar-refractivity contribution < 1.29 is 14.4 Å². The fourth-order valence-corrected chi connectivity index (χ4v) is 0.324. The van der Waals surface area contributed by atoms with E-state index in [0.717, 1.165) is 12.1 Å². The van der Waals surface area contributed by atoms with Gasteiger partial charge in [-0.2, -0.15) is 0 Å². The molecule has 0 rings (SSSR count). The van der Waals surface area contributed by atoms with E-state index in [1.807, 2.05) is 6.92 Å². The van der Waals surface area contributed by atoms with Gasteiger partial charge in [-0.1, -0.05) is 12.1 Å². The van der Waals surface area contributed by atoms with E-state index in [1.165, 1.54) is 0 Å². The molecule has 11 heavy (non-hydrogen) atoms. The van der Waals surface area contributed by atoms with Gasteiger partial charge in [-0.05, 0) is 20.3 Å². The van der Waals surface area contributed by atoms with Gasteiger partial charge in [-0.3, -0.25) is 4.84 Å². The molecule has 0 heterocycles. The predicted molar refractivity (Wildman–Crippen MR) is 41.5 cm³/mol. The van der Waals surface area contributed by atoms with E-state index < -0.39 is 6.16 Å². The van der Waals surface area contributed by atoms with E-state index >= 15 is 0 Å². The number of oxime groups is 1. The normalized spacial score (nSPS) is 11.0. The van der Waals surface area contributed by atoms with Crippen molar-refractivity contribution in [2.75, 3.05) is 6.61 Å². The van der Waals surface area contributed by atoms with Crippen LogP contribution in [0.15, 0.2) is 5.16 Å². The predicted octanol–water partition coefficient (Wildman–Crippen LogP) is 1.95. The summed E-state index contributed by atoms with van der Waals surface area (Å²) in [6, 6.07) is 0. The second-order valence-corrected chi connectivity index (χ2v) is 1.95. The lowest BCUT2D eigenvalue weighted by atomic mass is 10.3. The number of carbonyl (C=O) groups is 1. The fourth-order valence-electron chi connectivity index (χ4n) is 0.324. The average molecular weight is 159 g/mol. The van der Waals surface area contributed by atoms with Gasteiger partial charge >= 0.3 is 6.16 Å². The van der Waals surface area contributed by atoms with Crippen molar-refractivity contribution in [3.05, 3.63) is 0 Å². The van der Waals surface area contributed by atoms with Crippen LogP contribution >= 0.6 is 0 Å². The molecule has 0 saturated carbocycles. The Hall–Kier alpha value is -1.06. The van der Waals surface area contributed by atoms with Crippen LogP contribution in [0.5, 0.6) is 0 Å². The third-order valence-electron chi connectivity index (χ3n) is 1.05. The number of hydrogen-bond acceptors (Lipinski definition) is 4. The van der Waals surface area contributed by atoms with Crippen LogP contribution in [0, 0.1) is 0 Å². The van der Waals surface area contributed by atoms with Gasteiger partial charge in [0.2, 0.25) is 0 Å². The molecule has 0 aliphatic rings. The number of hydrogen-bond donors (Lipinski definition) is 0. The summed E-state index contributed by atoms with van der Waals surface area (Å²) < 4.78 is 4.47. The second kappa shape index (κ2) is 5.70. The van der Waals surface area contributed by atoms with Gasteiger partial charge in [0, 0.05) is 0 Å². The number of rotatable bonds is 3. The molecule has 0 aromatic carbocycles. The molecule has 0 radical (unpaired) electrons. The van der Waals surface area contributed by atoms with Crippen LogP contribution in [0.25, 0.3) is 0 Å². The maximum Gasteiger partial charge on any atom is 0.535 e. The fraction of sp³-hybridized carbons (Fsp3) is 0.714. The third-order valence-corrected chi connectivity index (χ3v) is 1.05. The largest absolute Gasteiger partial charge is 0.535 e. The highest BCUT2D eigenvalue weighted by Gasteiger charge is 1.99. The molecule has 0 aromatic rings. The Morgan fingerprint density at radius 2 is 2.09 bits per heavy atom. The molecule has 4 heteroatoms. The molecule has 0 fully saturated rings. The first-order valence-corrected chi connectivity index (χ1v) is 3.57. The van der Waals surface area contributed by atoms with Gasteiger partial charge in [0.25, 0.3) is 0 Å². The van der Waals surface area contributed by atoms with Gasteiger partial charge in [0.05, 0.1) is 12.3 Å². The molecule has 0 amide bonds. The summed E-state index contributed by atoms with van der Waals surface area (Å²) in [7, 11) is 0. The van der Waals surface area contributed by atoms with Crippen molar-refractivity contribution in [2.45, 2.75) is 27.2 Å². The smallest absolute Gasteiger partial charge is 0.433 e. The van der Waals surface area contributed by atoms with Gasteiger partial charge < -0.3 is 4.74 Å². The van der Waals surface area contributed by atoms with E-state index in [4.69, 9.17) is 0 Å². The van der Waals surface area contributed by atoms with Crippen molar-refractivity contribution in [1.29, 1.82) is 0 Å². The SMILES string of the molecule is CCOC(=O)O/N=C(/C)CC. The highest BCUT2D eigenvalue weighted by Crippen LogP contribution is 1.89. The summed E-state index contributed by atoms with van der Waals surface area (Å²) in [4.78, 5) is 14.9. The maximum atomic E-state index is 10.5. The number of carbonyl (C=O) groups excluding carboxylic acids is 1. The van der Waals surface area contributed by atoms with Gasteiger partial charge in [-0.25, -0.2) is 4.79 Å². The first-order chi connectivity index (χ1) is 5.20. The van der Waals surface area contributed by atoms with Crippen LogP contribution in [0.1, 0.15) is 27.2 Å². The zero-order chi connectivity index (χ0) is 8.69. The van der Waals surface area contributed by atoms with Crippen LogP contribution in [-0.4, -0.2) is 18.5 Å². The Balaban J connectivity index is 3.60. The molecule has 0 aromatic heterocycles. The lowest BCUT2D eigenvalue weighted by Gasteiger charge is -1.97. The zero-order valence-electron chi connectivity index (χ0n) is 7.09. The van der Waals surface area contributed by atoms with Crippen LogP contribution in [0.2, 0.25) is 0 Å². The molecule has 0 spiro atoms. The van der Waals surface area contributed by atoms with Crippen LogP contribution in [-0.2, 0) is 9.57 Å². The topological polar surface area (TPSA) is 47.9 Å². The standard InChI is InChI=1S/C7H13NO3/c1-4-6(3)8-11-7(9)10-5-2/h4-5H2,1-3H3/b8-6-. The first-order valence-electron chi connectivity index (χ1n) is 3.57. The molecular formula is C7H13NO3. The number of ether oxygens (including phenoxy) is 1. The molecule has 0 N–H and O–H groups in total. The Labute approximate surface area is 66.2 Å². The summed E-state index contributed by atoms with van der Waals surface area (Å²) >= 11 is 0. The van der Waals surface area contributed by atoms with Crippen molar-refractivity contribution in [3.8, 4) is 0 Å². The number of nitrogens with zero attached hydrogens (tertiary/aromatic N) is 1. The third kappa shape index (κ3) is 5.39. The Bertz CT molecular complexity index is 154. The summed E-state index contributed by atoms with van der Waals surface area (Å²) in [5, 5.41) is 3.50. The monoisotopic (exact) mass is 159 g/mol. The molecule has 0 saturated heterocycles. The van der Waals surface area contributed by atoms with Crippen molar-refractivity contribution >= 4 is 11.9 Å². The molecule has 4 nitrogen and oxygen atoms in total. The molecule has 0 atom stereocenters. The molecule has 0 unspecified atom stereocenters. The zero-order valence-corrected chi connectivity index (χ0v) is 7.09. The second-order valence-electron chi connectivity index (χ2n) is 1.95. The lowest BCUT2D eigenvalue weighted by Crippen LogP contribution is -2.04. The Morgan fingerprint density at radius 1 is 1.45 bits per heavy atom. The lowest BCUT2D eigenvalue weighted by molar-refractivity contribution is 0.0611. The van der Waals surface area contributed by atoms with E-state index in [-0.39, 0.29) is 0 Å². The maximum absolute atomic E-state index is 10.5. The van der Waals surface area contributed by atoms with Crippen LogP contribution in [0.3, 0.4) is 0 Å². The van der Waals surface area contributed by atoms with E-state index in [9.17, 15) is 4.79 Å². The minimum absolute atomic E-state index is 0.305. The molecular weight excluding hydrogens is 146 g/mol. The minimum atomic E-state index is -0.750. The minimum Gasteiger partial charge on any atom is -0.433 e. The average Bonchev–Trinajstić information content (AvgIpc) is 2.01. The van der Waals surface area contributed by atoms with Crippen LogP contribution in [0.4, 0.5) is 4.79 Å².